The van der Waals surface area contributed by atoms with Crippen LogP contribution in [0.2, 0.25) is 0 Å². The average molecular weight is 314 g/mol. The normalized spacial score (nSPS) is 13.6. The van der Waals surface area contributed by atoms with Crippen LogP contribution in [0.1, 0.15) is 45.2 Å². The van der Waals surface area contributed by atoms with Crippen molar-refractivity contribution in [2.45, 2.75) is 39.7 Å². The Bertz CT molecular complexity index is 355. The van der Waals surface area contributed by atoms with Gasteiger partial charge in [-0.3, -0.25) is 0 Å². The van der Waals surface area contributed by atoms with Gasteiger partial charge in [0.15, 0.2) is 0 Å². The van der Waals surface area contributed by atoms with Gasteiger partial charge in [-0.25, -0.2) is 0 Å². The minimum Gasteiger partial charge on any atom is -0.396 e. The number of benzene rings is 1. The Morgan fingerprint density at radius 2 is 2.00 bits per heavy atom. The van der Waals surface area contributed by atoms with E-state index < -0.39 is 0 Å². The lowest BCUT2D eigenvalue weighted by Crippen LogP contribution is -2.37. The molecule has 18 heavy (non-hydrogen) atoms. The maximum atomic E-state index is 9.56. The highest BCUT2D eigenvalue weighted by molar-refractivity contribution is 9.10. The third kappa shape index (κ3) is 4.08. The maximum Gasteiger partial charge on any atom is 0.0499 e. The monoisotopic (exact) mass is 313 g/mol. The van der Waals surface area contributed by atoms with E-state index in [0.717, 1.165) is 23.9 Å². The number of halogens is 1. The average Bonchev–Trinajstić information content (AvgIpc) is 2.40. The van der Waals surface area contributed by atoms with Gasteiger partial charge in [0.25, 0.3) is 0 Å². The smallest absolute Gasteiger partial charge is 0.0499 e. The number of aliphatic hydroxyl groups is 1. The van der Waals surface area contributed by atoms with E-state index >= 15 is 0 Å². The summed E-state index contributed by atoms with van der Waals surface area (Å²) in [7, 11) is 0. The Labute approximate surface area is 119 Å². The molecule has 1 aromatic rings. The van der Waals surface area contributed by atoms with Crippen LogP contribution in [-0.2, 0) is 0 Å². The van der Waals surface area contributed by atoms with Crippen LogP contribution in [0.15, 0.2) is 28.7 Å². The summed E-state index contributed by atoms with van der Waals surface area (Å²) in [4.78, 5) is 0. The number of hydrogen-bond donors (Lipinski definition) is 2. The molecule has 0 saturated carbocycles. The molecule has 1 aromatic carbocycles. The Hall–Kier alpha value is -0.380. The molecule has 0 aliphatic rings. The van der Waals surface area contributed by atoms with E-state index in [4.69, 9.17) is 0 Å². The maximum absolute atomic E-state index is 9.56. The van der Waals surface area contributed by atoms with Gasteiger partial charge in [0.05, 0.1) is 0 Å². The second kappa shape index (κ2) is 7.27. The molecule has 0 aliphatic heterocycles. The highest BCUT2D eigenvalue weighted by Gasteiger charge is 2.25. The summed E-state index contributed by atoms with van der Waals surface area (Å²) in [5.74, 6) is 0. The minimum atomic E-state index is 0.0142. The fraction of sp³-hybridized carbons (Fsp3) is 0.600. The van der Waals surface area contributed by atoms with Crippen LogP contribution in [0.4, 0.5) is 0 Å². The summed E-state index contributed by atoms with van der Waals surface area (Å²) in [5.41, 5.74) is 1.28. The molecular formula is C15H24BrNO. The zero-order valence-electron chi connectivity index (χ0n) is 11.5. The number of nitrogens with one attached hydrogen (secondary N) is 1. The molecule has 1 atom stereocenters. The molecule has 0 bridgehead atoms. The van der Waals surface area contributed by atoms with Crippen molar-refractivity contribution >= 4 is 15.9 Å². The molecule has 0 radical (unpaired) electrons. The van der Waals surface area contributed by atoms with Crippen LogP contribution in [0.5, 0.6) is 0 Å². The number of rotatable bonds is 7. The first-order valence-electron chi connectivity index (χ1n) is 6.66. The molecule has 0 saturated heterocycles. The Balaban J connectivity index is 2.62. The SMILES string of the molecule is CCC(CC)(CO)CN[C@H](C)c1cccc(Br)c1. The molecule has 2 N–H and O–H groups in total. The van der Waals surface area contributed by atoms with Gasteiger partial charge in [0.2, 0.25) is 0 Å². The lowest BCUT2D eigenvalue weighted by Gasteiger charge is -2.31. The third-order valence-corrected chi connectivity index (χ3v) is 4.46. The van der Waals surface area contributed by atoms with Gasteiger partial charge in [-0.15, -0.1) is 0 Å². The first-order chi connectivity index (χ1) is 8.56. The van der Waals surface area contributed by atoms with Crippen LogP contribution >= 0.6 is 15.9 Å². The van der Waals surface area contributed by atoms with E-state index in [9.17, 15) is 5.11 Å². The topological polar surface area (TPSA) is 32.3 Å². The second-order valence-electron chi connectivity index (χ2n) is 5.02. The predicted octanol–water partition coefficient (Wildman–Crippen LogP) is 3.90. The standard InChI is InChI=1S/C15H24BrNO/c1-4-15(5-2,11-18)10-17-12(3)13-7-6-8-14(16)9-13/h6-9,12,17-18H,4-5,10-11H2,1-3H3/t12-/m1/s1. The molecule has 0 aromatic heterocycles. The van der Waals surface area contributed by atoms with Crippen molar-refractivity contribution in [1.82, 2.24) is 5.32 Å². The van der Waals surface area contributed by atoms with Gasteiger partial charge >= 0.3 is 0 Å². The zero-order chi connectivity index (χ0) is 13.6. The van der Waals surface area contributed by atoms with E-state index in [0.29, 0.717) is 6.04 Å². The summed E-state index contributed by atoms with van der Waals surface area (Å²) in [5, 5.41) is 13.1. The largest absolute Gasteiger partial charge is 0.396 e. The van der Waals surface area contributed by atoms with Crippen LogP contribution in [0, 0.1) is 5.41 Å². The molecule has 102 valence electrons. The second-order valence-corrected chi connectivity index (χ2v) is 5.94. The Kier molecular flexibility index (Phi) is 6.33. The third-order valence-electron chi connectivity index (χ3n) is 3.97. The number of aliphatic hydroxyl groups excluding tert-OH is 1. The van der Waals surface area contributed by atoms with Gasteiger partial charge in [0.1, 0.15) is 0 Å². The molecule has 0 amide bonds. The summed E-state index contributed by atoms with van der Waals surface area (Å²) in [6.45, 7) is 7.55. The van der Waals surface area contributed by atoms with Crippen molar-refractivity contribution in [3.63, 3.8) is 0 Å². The molecule has 1 rings (SSSR count). The molecule has 0 unspecified atom stereocenters. The predicted molar refractivity (Wildman–Crippen MR) is 80.7 cm³/mol. The molecule has 0 aliphatic carbocycles. The van der Waals surface area contributed by atoms with Crippen molar-refractivity contribution in [2.24, 2.45) is 5.41 Å². The summed E-state index contributed by atoms with van der Waals surface area (Å²) in [6, 6.07) is 8.64. The van der Waals surface area contributed by atoms with Crippen molar-refractivity contribution < 1.29 is 5.11 Å². The lowest BCUT2D eigenvalue weighted by molar-refractivity contribution is 0.110. The van der Waals surface area contributed by atoms with Crippen molar-refractivity contribution in [2.75, 3.05) is 13.2 Å². The first-order valence-corrected chi connectivity index (χ1v) is 7.46. The van der Waals surface area contributed by atoms with E-state index in [1.165, 1.54) is 5.56 Å². The van der Waals surface area contributed by atoms with E-state index in [-0.39, 0.29) is 12.0 Å². The van der Waals surface area contributed by atoms with Gasteiger partial charge in [-0.1, -0.05) is 41.9 Å². The summed E-state index contributed by atoms with van der Waals surface area (Å²) in [6.07, 6.45) is 2.00. The van der Waals surface area contributed by atoms with Gasteiger partial charge in [-0.2, -0.15) is 0 Å². The van der Waals surface area contributed by atoms with Crippen LogP contribution in [-0.4, -0.2) is 18.3 Å². The fourth-order valence-electron chi connectivity index (χ4n) is 2.04. The molecule has 0 spiro atoms. The summed E-state index contributed by atoms with van der Waals surface area (Å²) < 4.78 is 1.10. The van der Waals surface area contributed by atoms with E-state index in [2.05, 4.69) is 60.2 Å². The molecule has 0 fully saturated rings. The molecular weight excluding hydrogens is 290 g/mol. The van der Waals surface area contributed by atoms with E-state index in [1.807, 2.05) is 6.07 Å². The Morgan fingerprint density at radius 3 is 2.50 bits per heavy atom. The lowest BCUT2D eigenvalue weighted by atomic mass is 9.83. The quantitative estimate of drug-likeness (QED) is 0.800. The summed E-state index contributed by atoms with van der Waals surface area (Å²) >= 11 is 3.49. The molecule has 3 heteroatoms. The Morgan fingerprint density at radius 1 is 1.33 bits per heavy atom. The minimum absolute atomic E-state index is 0.0142. The first kappa shape index (κ1) is 15.7. The van der Waals surface area contributed by atoms with Crippen molar-refractivity contribution in [3.8, 4) is 0 Å². The highest BCUT2D eigenvalue weighted by Crippen LogP contribution is 2.26. The van der Waals surface area contributed by atoms with E-state index in [1.54, 1.807) is 0 Å². The van der Waals surface area contributed by atoms with Gasteiger partial charge in [-0.05, 0) is 37.5 Å². The van der Waals surface area contributed by atoms with Crippen molar-refractivity contribution in [1.29, 1.82) is 0 Å². The zero-order valence-corrected chi connectivity index (χ0v) is 13.1. The van der Waals surface area contributed by atoms with Crippen molar-refractivity contribution in [3.05, 3.63) is 34.3 Å². The van der Waals surface area contributed by atoms with Crippen LogP contribution in [0.25, 0.3) is 0 Å². The van der Waals surface area contributed by atoms with Crippen LogP contribution < -0.4 is 5.32 Å². The molecule has 0 heterocycles. The fourth-order valence-corrected chi connectivity index (χ4v) is 2.46. The van der Waals surface area contributed by atoms with Gasteiger partial charge < -0.3 is 10.4 Å². The van der Waals surface area contributed by atoms with Crippen LogP contribution in [0.3, 0.4) is 0 Å². The van der Waals surface area contributed by atoms with Gasteiger partial charge in [0, 0.05) is 29.1 Å². The highest BCUT2D eigenvalue weighted by atomic mass is 79.9. The number of hydrogen-bond acceptors (Lipinski definition) is 2. The molecule has 2 nitrogen and oxygen atoms in total.